The predicted octanol–water partition coefficient (Wildman–Crippen LogP) is 3.17. The van der Waals surface area contributed by atoms with E-state index >= 15 is 0 Å². The van der Waals surface area contributed by atoms with Crippen molar-refractivity contribution in [3.63, 3.8) is 0 Å². The Morgan fingerprint density at radius 2 is 1.74 bits per heavy atom. The van der Waals surface area contributed by atoms with E-state index in [-0.39, 0.29) is 5.91 Å². The first-order chi connectivity index (χ1) is 13.2. The molecule has 7 heteroatoms. The second kappa shape index (κ2) is 7.92. The second-order valence-corrected chi connectivity index (χ2v) is 6.65. The SMILES string of the molecule is O=C(NN1CCOCC1)c1cc(-c2ccc(Cl)cc2)nn1-c1ccccc1. The van der Waals surface area contributed by atoms with Crippen LogP contribution in [0.4, 0.5) is 0 Å². The zero-order chi connectivity index (χ0) is 18.6. The number of morpholine rings is 1. The minimum Gasteiger partial charge on any atom is -0.379 e. The summed E-state index contributed by atoms with van der Waals surface area (Å²) in [4.78, 5) is 12.9. The van der Waals surface area contributed by atoms with E-state index in [2.05, 4.69) is 10.5 Å². The van der Waals surface area contributed by atoms with Gasteiger partial charge in [-0.1, -0.05) is 41.9 Å². The van der Waals surface area contributed by atoms with E-state index in [1.54, 1.807) is 10.7 Å². The highest BCUT2D eigenvalue weighted by atomic mass is 35.5. The van der Waals surface area contributed by atoms with Crippen molar-refractivity contribution in [2.45, 2.75) is 0 Å². The molecule has 27 heavy (non-hydrogen) atoms. The summed E-state index contributed by atoms with van der Waals surface area (Å²) in [5, 5.41) is 7.19. The standard InChI is InChI=1S/C20H19ClN4O2/c21-16-8-6-15(7-9-16)18-14-19(20(26)23-24-10-12-27-13-11-24)25(22-18)17-4-2-1-3-5-17/h1-9,14H,10-13H2,(H,23,26). The number of hydrazine groups is 1. The maximum absolute atomic E-state index is 12.9. The fourth-order valence-electron chi connectivity index (χ4n) is 2.95. The summed E-state index contributed by atoms with van der Waals surface area (Å²) in [5.41, 5.74) is 5.85. The summed E-state index contributed by atoms with van der Waals surface area (Å²) in [6.07, 6.45) is 0. The third-order valence-corrected chi connectivity index (χ3v) is 4.61. The Morgan fingerprint density at radius 3 is 2.44 bits per heavy atom. The monoisotopic (exact) mass is 382 g/mol. The molecule has 1 N–H and O–H groups in total. The molecule has 2 aromatic carbocycles. The molecule has 138 valence electrons. The molecule has 0 saturated carbocycles. The Bertz CT molecular complexity index is 919. The normalized spacial score (nSPS) is 14.9. The van der Waals surface area contributed by atoms with Gasteiger partial charge in [-0.05, 0) is 30.3 Å². The smallest absolute Gasteiger partial charge is 0.284 e. The largest absolute Gasteiger partial charge is 0.379 e. The first-order valence-electron chi connectivity index (χ1n) is 8.76. The molecule has 0 unspecified atom stereocenters. The van der Waals surface area contributed by atoms with Gasteiger partial charge in [0.1, 0.15) is 5.69 Å². The van der Waals surface area contributed by atoms with Crippen LogP contribution in [-0.2, 0) is 4.74 Å². The van der Waals surface area contributed by atoms with Crippen molar-refractivity contribution < 1.29 is 9.53 Å². The fourth-order valence-corrected chi connectivity index (χ4v) is 3.07. The molecule has 1 aliphatic rings. The summed E-state index contributed by atoms with van der Waals surface area (Å²) >= 11 is 5.98. The van der Waals surface area contributed by atoms with Crippen molar-refractivity contribution >= 4 is 17.5 Å². The van der Waals surface area contributed by atoms with Gasteiger partial charge < -0.3 is 4.74 Å². The summed E-state index contributed by atoms with van der Waals surface area (Å²) in [5.74, 6) is -0.200. The molecule has 0 radical (unpaired) electrons. The molecule has 1 amide bonds. The summed E-state index contributed by atoms with van der Waals surface area (Å²) in [6.45, 7) is 2.53. The lowest BCUT2D eigenvalue weighted by Crippen LogP contribution is -2.48. The Morgan fingerprint density at radius 1 is 1.04 bits per heavy atom. The highest BCUT2D eigenvalue weighted by Gasteiger charge is 2.20. The lowest BCUT2D eigenvalue weighted by molar-refractivity contribution is 0.0124. The van der Waals surface area contributed by atoms with Gasteiger partial charge in [0.15, 0.2) is 0 Å². The number of nitrogens with zero attached hydrogens (tertiary/aromatic N) is 3. The van der Waals surface area contributed by atoms with Crippen molar-refractivity contribution in [3.8, 4) is 16.9 Å². The molecule has 3 aromatic rings. The number of benzene rings is 2. The third kappa shape index (κ3) is 4.03. The fraction of sp³-hybridized carbons (Fsp3) is 0.200. The van der Waals surface area contributed by atoms with Gasteiger partial charge in [-0.15, -0.1) is 0 Å². The van der Waals surface area contributed by atoms with Crippen LogP contribution in [0.3, 0.4) is 0 Å². The van der Waals surface area contributed by atoms with E-state index in [4.69, 9.17) is 16.3 Å². The Labute approximate surface area is 162 Å². The molecule has 1 aliphatic heterocycles. The molecule has 2 heterocycles. The molecule has 6 nitrogen and oxygen atoms in total. The first-order valence-corrected chi connectivity index (χ1v) is 9.13. The molecule has 0 atom stereocenters. The van der Waals surface area contributed by atoms with E-state index in [0.29, 0.717) is 42.7 Å². The quantitative estimate of drug-likeness (QED) is 0.753. The van der Waals surface area contributed by atoms with Gasteiger partial charge in [0.25, 0.3) is 5.91 Å². The number of hydrogen-bond acceptors (Lipinski definition) is 4. The first kappa shape index (κ1) is 17.7. The minimum atomic E-state index is -0.200. The van der Waals surface area contributed by atoms with Gasteiger partial charge in [-0.3, -0.25) is 10.2 Å². The van der Waals surface area contributed by atoms with Gasteiger partial charge in [-0.2, -0.15) is 5.10 Å². The number of para-hydroxylation sites is 1. The zero-order valence-corrected chi connectivity index (χ0v) is 15.4. The molecule has 0 aliphatic carbocycles. The molecule has 1 saturated heterocycles. The minimum absolute atomic E-state index is 0.200. The van der Waals surface area contributed by atoms with E-state index in [1.165, 1.54) is 0 Å². The lowest BCUT2D eigenvalue weighted by atomic mass is 10.1. The van der Waals surface area contributed by atoms with Crippen LogP contribution in [0.5, 0.6) is 0 Å². The van der Waals surface area contributed by atoms with Gasteiger partial charge in [0.2, 0.25) is 0 Å². The van der Waals surface area contributed by atoms with E-state index in [0.717, 1.165) is 11.3 Å². The third-order valence-electron chi connectivity index (χ3n) is 4.35. The number of aromatic nitrogens is 2. The van der Waals surface area contributed by atoms with Crippen molar-refractivity contribution in [1.29, 1.82) is 0 Å². The Hall–Kier alpha value is -2.67. The van der Waals surface area contributed by atoms with Gasteiger partial charge in [0, 0.05) is 23.7 Å². The predicted molar refractivity (Wildman–Crippen MR) is 104 cm³/mol. The van der Waals surface area contributed by atoms with Crippen LogP contribution in [-0.4, -0.2) is 47.0 Å². The molecule has 1 fully saturated rings. The number of nitrogens with one attached hydrogen (secondary N) is 1. The summed E-state index contributed by atoms with van der Waals surface area (Å²) < 4.78 is 7.00. The molecule has 1 aromatic heterocycles. The van der Waals surface area contributed by atoms with Crippen LogP contribution in [0, 0.1) is 0 Å². The van der Waals surface area contributed by atoms with Crippen molar-refractivity contribution in [3.05, 3.63) is 71.4 Å². The number of carbonyl (C=O) groups excluding carboxylic acids is 1. The molecule has 4 rings (SSSR count). The van der Waals surface area contributed by atoms with Crippen LogP contribution in [0.15, 0.2) is 60.7 Å². The van der Waals surface area contributed by atoms with Crippen LogP contribution in [0.1, 0.15) is 10.5 Å². The highest BCUT2D eigenvalue weighted by Crippen LogP contribution is 2.23. The zero-order valence-electron chi connectivity index (χ0n) is 14.6. The van der Waals surface area contributed by atoms with E-state index < -0.39 is 0 Å². The molecular weight excluding hydrogens is 364 g/mol. The van der Waals surface area contributed by atoms with E-state index in [9.17, 15) is 4.79 Å². The average Bonchev–Trinajstić information content (AvgIpc) is 3.16. The highest BCUT2D eigenvalue weighted by molar-refractivity contribution is 6.30. The number of ether oxygens (including phenoxy) is 1. The van der Waals surface area contributed by atoms with Crippen LogP contribution in [0.2, 0.25) is 5.02 Å². The lowest BCUT2D eigenvalue weighted by Gasteiger charge is -2.26. The Kier molecular flexibility index (Phi) is 5.20. The summed E-state index contributed by atoms with van der Waals surface area (Å²) in [7, 11) is 0. The van der Waals surface area contributed by atoms with Gasteiger partial charge in [-0.25, -0.2) is 9.69 Å². The van der Waals surface area contributed by atoms with Crippen LogP contribution >= 0.6 is 11.6 Å². The molecular formula is C20H19ClN4O2. The number of halogens is 1. The number of amides is 1. The maximum atomic E-state index is 12.9. The summed E-state index contributed by atoms with van der Waals surface area (Å²) in [6, 6.07) is 18.8. The molecule has 0 bridgehead atoms. The van der Waals surface area contributed by atoms with Gasteiger partial charge >= 0.3 is 0 Å². The van der Waals surface area contributed by atoms with Crippen LogP contribution in [0.25, 0.3) is 16.9 Å². The number of rotatable bonds is 4. The van der Waals surface area contributed by atoms with Crippen molar-refractivity contribution in [2.75, 3.05) is 26.3 Å². The van der Waals surface area contributed by atoms with Crippen molar-refractivity contribution in [2.24, 2.45) is 0 Å². The number of hydrogen-bond donors (Lipinski definition) is 1. The van der Waals surface area contributed by atoms with E-state index in [1.807, 2.05) is 59.6 Å². The van der Waals surface area contributed by atoms with Gasteiger partial charge in [0.05, 0.1) is 24.6 Å². The second-order valence-electron chi connectivity index (χ2n) is 6.21. The maximum Gasteiger partial charge on any atom is 0.284 e. The molecule has 0 spiro atoms. The number of carbonyl (C=O) groups is 1. The topological polar surface area (TPSA) is 59.4 Å². The Balaban J connectivity index is 1.69. The van der Waals surface area contributed by atoms with Crippen LogP contribution < -0.4 is 5.43 Å². The average molecular weight is 383 g/mol. The van der Waals surface area contributed by atoms with Crippen molar-refractivity contribution in [1.82, 2.24) is 20.2 Å².